The number of benzene rings is 1. The minimum absolute atomic E-state index is 0.350. The Morgan fingerprint density at radius 2 is 2.00 bits per heavy atom. The predicted octanol–water partition coefficient (Wildman–Crippen LogP) is 3.29. The first kappa shape index (κ1) is 13.9. The van der Waals surface area contributed by atoms with Crippen LogP contribution in [-0.4, -0.2) is 17.8 Å². The van der Waals surface area contributed by atoms with Gasteiger partial charge in [-0.05, 0) is 61.8 Å². The second-order valence-corrected chi connectivity index (χ2v) is 5.79. The number of rotatable bonds is 4. The SMILES string of the molecule is Cc1cc(Cl)ccc1CNC1CCC(CO)CC1. The Bertz CT molecular complexity index is 386. The third kappa shape index (κ3) is 3.71. The molecule has 1 aliphatic carbocycles. The monoisotopic (exact) mass is 267 g/mol. The maximum Gasteiger partial charge on any atom is 0.0459 e. The van der Waals surface area contributed by atoms with Crippen LogP contribution in [0.3, 0.4) is 0 Å². The van der Waals surface area contributed by atoms with Gasteiger partial charge < -0.3 is 10.4 Å². The average Bonchev–Trinajstić information content (AvgIpc) is 2.38. The van der Waals surface area contributed by atoms with Gasteiger partial charge in [-0.2, -0.15) is 0 Å². The van der Waals surface area contributed by atoms with Crippen molar-refractivity contribution in [3.8, 4) is 0 Å². The smallest absolute Gasteiger partial charge is 0.0459 e. The number of nitrogens with one attached hydrogen (secondary N) is 1. The standard InChI is InChI=1S/C15H22ClNO/c1-11-8-14(16)5-4-13(11)9-17-15-6-2-12(10-18)3-7-15/h4-5,8,12,15,17-18H,2-3,6-7,9-10H2,1H3. The van der Waals surface area contributed by atoms with Crippen molar-refractivity contribution in [1.29, 1.82) is 0 Å². The Labute approximate surface area is 114 Å². The molecule has 0 radical (unpaired) electrons. The molecule has 0 heterocycles. The molecule has 0 atom stereocenters. The lowest BCUT2D eigenvalue weighted by atomic mass is 9.86. The van der Waals surface area contributed by atoms with Gasteiger partial charge in [0.1, 0.15) is 0 Å². The van der Waals surface area contributed by atoms with Crippen LogP contribution in [0.5, 0.6) is 0 Å². The third-order valence-corrected chi connectivity index (χ3v) is 4.23. The van der Waals surface area contributed by atoms with Crippen LogP contribution in [0, 0.1) is 12.8 Å². The Morgan fingerprint density at radius 3 is 2.61 bits per heavy atom. The van der Waals surface area contributed by atoms with Crippen LogP contribution in [-0.2, 0) is 6.54 Å². The largest absolute Gasteiger partial charge is 0.396 e. The van der Waals surface area contributed by atoms with Crippen molar-refractivity contribution in [3.05, 3.63) is 34.3 Å². The van der Waals surface area contributed by atoms with E-state index in [1.165, 1.54) is 24.0 Å². The van der Waals surface area contributed by atoms with Gasteiger partial charge in [-0.3, -0.25) is 0 Å². The first-order chi connectivity index (χ1) is 8.69. The van der Waals surface area contributed by atoms with Crippen LogP contribution < -0.4 is 5.32 Å². The summed E-state index contributed by atoms with van der Waals surface area (Å²) < 4.78 is 0. The van der Waals surface area contributed by atoms with Gasteiger partial charge in [0.2, 0.25) is 0 Å². The molecule has 0 aliphatic heterocycles. The molecule has 0 amide bonds. The van der Waals surface area contributed by atoms with E-state index >= 15 is 0 Å². The highest BCUT2D eigenvalue weighted by Crippen LogP contribution is 2.24. The first-order valence-electron chi connectivity index (χ1n) is 6.78. The highest BCUT2D eigenvalue weighted by molar-refractivity contribution is 6.30. The van der Waals surface area contributed by atoms with Crippen molar-refractivity contribution in [2.24, 2.45) is 5.92 Å². The summed E-state index contributed by atoms with van der Waals surface area (Å²) >= 11 is 5.95. The molecular formula is C15H22ClNO. The van der Waals surface area contributed by atoms with E-state index in [2.05, 4.69) is 18.3 Å². The normalized spacial score (nSPS) is 24.2. The minimum Gasteiger partial charge on any atom is -0.396 e. The van der Waals surface area contributed by atoms with Crippen molar-refractivity contribution >= 4 is 11.6 Å². The molecule has 2 nitrogen and oxygen atoms in total. The summed E-state index contributed by atoms with van der Waals surface area (Å²) in [5.41, 5.74) is 2.57. The zero-order valence-electron chi connectivity index (χ0n) is 11.0. The average molecular weight is 268 g/mol. The molecule has 1 aromatic carbocycles. The molecule has 3 heteroatoms. The molecule has 2 N–H and O–H groups in total. The quantitative estimate of drug-likeness (QED) is 0.877. The van der Waals surface area contributed by atoms with Gasteiger partial charge in [0.05, 0.1) is 0 Å². The summed E-state index contributed by atoms with van der Waals surface area (Å²) in [6, 6.07) is 6.67. The summed E-state index contributed by atoms with van der Waals surface area (Å²) in [5.74, 6) is 0.528. The molecule has 1 saturated carbocycles. The van der Waals surface area contributed by atoms with E-state index in [0.717, 1.165) is 24.4 Å². The highest BCUT2D eigenvalue weighted by Gasteiger charge is 2.19. The fourth-order valence-corrected chi connectivity index (χ4v) is 2.89. The van der Waals surface area contributed by atoms with Crippen molar-refractivity contribution in [2.75, 3.05) is 6.61 Å². The van der Waals surface area contributed by atoms with E-state index in [9.17, 15) is 0 Å². The van der Waals surface area contributed by atoms with E-state index in [-0.39, 0.29) is 0 Å². The lowest BCUT2D eigenvalue weighted by molar-refractivity contribution is 0.175. The Kier molecular flexibility index (Phi) is 5.04. The Hall–Kier alpha value is -0.570. The second kappa shape index (κ2) is 6.55. The molecule has 0 bridgehead atoms. The fourth-order valence-electron chi connectivity index (χ4n) is 2.66. The molecule has 0 saturated heterocycles. The molecule has 1 aliphatic rings. The van der Waals surface area contributed by atoms with Crippen molar-refractivity contribution < 1.29 is 5.11 Å². The summed E-state index contributed by atoms with van der Waals surface area (Å²) in [4.78, 5) is 0. The molecule has 2 rings (SSSR count). The topological polar surface area (TPSA) is 32.3 Å². The molecule has 1 fully saturated rings. The summed E-state index contributed by atoms with van der Waals surface area (Å²) in [6.07, 6.45) is 4.65. The molecule has 0 aromatic heterocycles. The van der Waals surface area contributed by atoms with E-state index in [4.69, 9.17) is 16.7 Å². The lowest BCUT2D eigenvalue weighted by Gasteiger charge is -2.28. The number of aryl methyl sites for hydroxylation is 1. The number of halogens is 1. The highest BCUT2D eigenvalue weighted by atomic mass is 35.5. The zero-order valence-corrected chi connectivity index (χ0v) is 11.7. The Balaban J connectivity index is 1.81. The van der Waals surface area contributed by atoms with E-state index in [1.807, 2.05) is 12.1 Å². The van der Waals surface area contributed by atoms with E-state index in [0.29, 0.717) is 18.6 Å². The van der Waals surface area contributed by atoms with E-state index < -0.39 is 0 Å². The maximum atomic E-state index is 9.11. The van der Waals surface area contributed by atoms with Gasteiger partial charge >= 0.3 is 0 Å². The maximum absolute atomic E-state index is 9.11. The minimum atomic E-state index is 0.350. The van der Waals surface area contributed by atoms with Crippen molar-refractivity contribution in [2.45, 2.75) is 45.2 Å². The molecular weight excluding hydrogens is 246 g/mol. The van der Waals surface area contributed by atoms with Gasteiger partial charge in [-0.25, -0.2) is 0 Å². The first-order valence-corrected chi connectivity index (χ1v) is 7.16. The second-order valence-electron chi connectivity index (χ2n) is 5.35. The van der Waals surface area contributed by atoms with Crippen LogP contribution in [0.2, 0.25) is 5.02 Å². The van der Waals surface area contributed by atoms with Gasteiger partial charge in [0.15, 0.2) is 0 Å². The van der Waals surface area contributed by atoms with E-state index in [1.54, 1.807) is 0 Å². The summed E-state index contributed by atoms with van der Waals surface area (Å²) in [7, 11) is 0. The van der Waals surface area contributed by atoms with Crippen molar-refractivity contribution in [3.63, 3.8) is 0 Å². The van der Waals surface area contributed by atoms with Gasteiger partial charge in [0, 0.05) is 24.2 Å². The van der Waals surface area contributed by atoms with Crippen LogP contribution in [0.25, 0.3) is 0 Å². The summed E-state index contributed by atoms with van der Waals surface area (Å²) in [5, 5.41) is 13.5. The zero-order chi connectivity index (χ0) is 13.0. The Morgan fingerprint density at radius 1 is 1.28 bits per heavy atom. The van der Waals surface area contributed by atoms with Gasteiger partial charge in [0.25, 0.3) is 0 Å². The van der Waals surface area contributed by atoms with Gasteiger partial charge in [-0.1, -0.05) is 17.7 Å². The number of hydrogen-bond donors (Lipinski definition) is 2. The predicted molar refractivity (Wildman–Crippen MR) is 75.9 cm³/mol. The van der Waals surface area contributed by atoms with Crippen LogP contribution >= 0.6 is 11.6 Å². The number of hydrogen-bond acceptors (Lipinski definition) is 2. The lowest BCUT2D eigenvalue weighted by Crippen LogP contribution is -2.33. The van der Waals surface area contributed by atoms with Gasteiger partial charge in [-0.15, -0.1) is 0 Å². The molecule has 100 valence electrons. The molecule has 18 heavy (non-hydrogen) atoms. The number of aliphatic hydroxyl groups is 1. The summed E-state index contributed by atoms with van der Waals surface area (Å²) in [6.45, 7) is 3.37. The fraction of sp³-hybridized carbons (Fsp3) is 0.600. The van der Waals surface area contributed by atoms with Crippen LogP contribution in [0.1, 0.15) is 36.8 Å². The molecule has 0 unspecified atom stereocenters. The molecule has 0 spiro atoms. The van der Waals surface area contributed by atoms with Crippen LogP contribution in [0.4, 0.5) is 0 Å². The van der Waals surface area contributed by atoms with Crippen molar-refractivity contribution in [1.82, 2.24) is 5.32 Å². The van der Waals surface area contributed by atoms with Crippen LogP contribution in [0.15, 0.2) is 18.2 Å². The number of aliphatic hydroxyl groups excluding tert-OH is 1. The molecule has 1 aromatic rings. The third-order valence-electron chi connectivity index (χ3n) is 3.99.